The molecule has 0 spiro atoms. The van der Waals surface area contributed by atoms with Crippen LogP contribution in [0.25, 0.3) is 0 Å². The highest BCUT2D eigenvalue weighted by Gasteiger charge is 2.41. The number of methoxy groups -OCH3 is 1. The molecule has 4 atom stereocenters. The highest BCUT2D eigenvalue weighted by Crippen LogP contribution is 2.19. The van der Waals surface area contributed by atoms with E-state index in [2.05, 4.69) is 5.32 Å². The third kappa shape index (κ3) is 5.40. The highest BCUT2D eigenvalue weighted by atomic mass is 32.1. The number of hydrogen-bond acceptors (Lipinski definition) is 6. The van der Waals surface area contributed by atoms with Gasteiger partial charge < -0.3 is 25.8 Å². The number of carbonyl (C=O) groups excluding carboxylic acids is 2. The first kappa shape index (κ1) is 21.8. The summed E-state index contributed by atoms with van der Waals surface area (Å²) >= 11 is 5.10. The zero-order valence-corrected chi connectivity index (χ0v) is 15.6. The Kier molecular flexibility index (Phi) is 8.65. The first-order valence-corrected chi connectivity index (χ1v) is 8.00. The van der Waals surface area contributed by atoms with Crippen molar-refractivity contribution < 1.29 is 19.4 Å². The molecule has 1 amide bonds. The van der Waals surface area contributed by atoms with E-state index < -0.39 is 36.1 Å². The lowest BCUT2D eigenvalue weighted by Crippen LogP contribution is -2.63. The molecule has 0 aliphatic rings. The van der Waals surface area contributed by atoms with Crippen molar-refractivity contribution in [3.8, 4) is 0 Å². The Labute approximate surface area is 143 Å². The normalized spacial score (nSPS) is 17.4. The van der Waals surface area contributed by atoms with Gasteiger partial charge in [-0.25, -0.2) is 4.79 Å². The summed E-state index contributed by atoms with van der Waals surface area (Å²) in [4.78, 5) is 26.5. The number of likely N-dealkylation sites (N-methyl/N-ethyl adjacent to an activating group) is 1. The SMILES string of the molecule is CC[C@H](C)[C@@H](C(=O)OC)N(C)C(=O)[C@](C)(CO)NC(=S)[C@H](C)N. The van der Waals surface area contributed by atoms with E-state index in [0.29, 0.717) is 6.42 Å². The molecule has 0 saturated carbocycles. The van der Waals surface area contributed by atoms with Crippen LogP contribution in [0, 0.1) is 5.92 Å². The Balaban J connectivity index is 5.48. The van der Waals surface area contributed by atoms with Crippen molar-refractivity contribution in [1.82, 2.24) is 10.2 Å². The van der Waals surface area contributed by atoms with Gasteiger partial charge in [-0.1, -0.05) is 32.5 Å². The lowest BCUT2D eigenvalue weighted by molar-refractivity contribution is -0.156. The molecule has 0 heterocycles. The summed E-state index contributed by atoms with van der Waals surface area (Å²) in [5.41, 5.74) is 4.33. The summed E-state index contributed by atoms with van der Waals surface area (Å²) in [6.45, 7) is 6.50. The average molecular weight is 347 g/mol. The monoisotopic (exact) mass is 347 g/mol. The smallest absolute Gasteiger partial charge is 0.328 e. The second-order valence-electron chi connectivity index (χ2n) is 6.04. The van der Waals surface area contributed by atoms with Crippen LogP contribution in [0.1, 0.15) is 34.1 Å². The maximum Gasteiger partial charge on any atom is 0.328 e. The summed E-state index contributed by atoms with van der Waals surface area (Å²) in [6, 6.07) is -1.20. The Morgan fingerprint density at radius 1 is 1.43 bits per heavy atom. The van der Waals surface area contributed by atoms with Crippen LogP contribution in [0.4, 0.5) is 0 Å². The number of nitrogens with one attached hydrogen (secondary N) is 1. The van der Waals surface area contributed by atoms with Crippen LogP contribution in [0.3, 0.4) is 0 Å². The first-order chi connectivity index (χ1) is 10.5. The molecule has 23 heavy (non-hydrogen) atoms. The van der Waals surface area contributed by atoms with Crippen LogP contribution >= 0.6 is 12.2 Å². The number of aliphatic hydroxyl groups is 1. The van der Waals surface area contributed by atoms with E-state index in [9.17, 15) is 14.7 Å². The number of thiocarbonyl (C=S) groups is 1. The number of rotatable bonds is 8. The second kappa shape index (κ2) is 9.14. The van der Waals surface area contributed by atoms with Crippen molar-refractivity contribution >= 4 is 29.1 Å². The van der Waals surface area contributed by atoms with E-state index in [0.717, 1.165) is 0 Å². The van der Waals surface area contributed by atoms with E-state index in [1.54, 1.807) is 6.92 Å². The average Bonchev–Trinajstić information content (AvgIpc) is 2.52. The topological polar surface area (TPSA) is 105 Å². The molecule has 0 bridgehead atoms. The lowest BCUT2D eigenvalue weighted by atomic mass is 9.94. The highest BCUT2D eigenvalue weighted by molar-refractivity contribution is 7.80. The van der Waals surface area contributed by atoms with E-state index in [1.807, 2.05) is 13.8 Å². The van der Waals surface area contributed by atoms with Crippen molar-refractivity contribution in [3.63, 3.8) is 0 Å². The summed E-state index contributed by atoms with van der Waals surface area (Å²) in [5, 5.41) is 12.5. The van der Waals surface area contributed by atoms with Gasteiger partial charge in [0.05, 0.1) is 24.7 Å². The summed E-state index contributed by atoms with van der Waals surface area (Å²) < 4.78 is 4.81. The first-order valence-electron chi connectivity index (χ1n) is 7.59. The van der Waals surface area contributed by atoms with Crippen LogP contribution in [0.5, 0.6) is 0 Å². The Morgan fingerprint density at radius 2 is 1.96 bits per heavy atom. The van der Waals surface area contributed by atoms with Crippen molar-refractivity contribution in [2.45, 2.75) is 51.7 Å². The van der Waals surface area contributed by atoms with Crippen LogP contribution < -0.4 is 11.1 Å². The van der Waals surface area contributed by atoms with Gasteiger partial charge in [-0.2, -0.15) is 0 Å². The van der Waals surface area contributed by atoms with Gasteiger partial charge in [-0.15, -0.1) is 0 Å². The number of nitrogens with zero attached hydrogens (tertiary/aromatic N) is 1. The molecule has 0 rings (SSSR count). The molecule has 0 radical (unpaired) electrons. The van der Waals surface area contributed by atoms with Crippen LogP contribution in [-0.4, -0.2) is 65.3 Å². The molecule has 0 aliphatic heterocycles. The lowest BCUT2D eigenvalue weighted by Gasteiger charge is -2.38. The molecule has 134 valence electrons. The molecule has 0 saturated heterocycles. The summed E-state index contributed by atoms with van der Waals surface area (Å²) in [5.74, 6) is -1.05. The molecule has 0 aromatic heterocycles. The van der Waals surface area contributed by atoms with Gasteiger partial charge in [0.2, 0.25) is 0 Å². The zero-order valence-electron chi connectivity index (χ0n) is 14.8. The second-order valence-corrected chi connectivity index (χ2v) is 6.48. The molecule has 7 nitrogen and oxygen atoms in total. The van der Waals surface area contributed by atoms with E-state index >= 15 is 0 Å². The van der Waals surface area contributed by atoms with Gasteiger partial charge in [0, 0.05) is 7.05 Å². The van der Waals surface area contributed by atoms with E-state index in [1.165, 1.54) is 26.0 Å². The molecule has 0 fully saturated rings. The summed E-state index contributed by atoms with van der Waals surface area (Å²) in [6.07, 6.45) is 0.693. The number of aliphatic hydroxyl groups excluding tert-OH is 1. The molecule has 0 aliphatic carbocycles. The number of esters is 1. The maximum atomic E-state index is 12.8. The minimum Gasteiger partial charge on any atom is -0.467 e. The fourth-order valence-corrected chi connectivity index (χ4v) is 2.40. The van der Waals surface area contributed by atoms with Gasteiger partial charge in [0.25, 0.3) is 5.91 Å². The quantitative estimate of drug-likeness (QED) is 0.421. The Morgan fingerprint density at radius 3 is 2.30 bits per heavy atom. The zero-order chi connectivity index (χ0) is 18.4. The molecule has 0 unspecified atom stereocenters. The number of hydrogen-bond donors (Lipinski definition) is 3. The minimum absolute atomic E-state index is 0.0975. The summed E-state index contributed by atoms with van der Waals surface area (Å²) in [7, 11) is 2.80. The fraction of sp³-hybridized carbons (Fsp3) is 0.800. The molecule has 0 aromatic rings. The van der Waals surface area contributed by atoms with Gasteiger partial charge in [-0.05, 0) is 19.8 Å². The fourth-order valence-electron chi connectivity index (χ4n) is 2.18. The van der Waals surface area contributed by atoms with Crippen molar-refractivity contribution in [2.24, 2.45) is 11.7 Å². The van der Waals surface area contributed by atoms with Gasteiger partial charge in [0.1, 0.15) is 11.6 Å². The Hall–Kier alpha value is -1.25. The molecule has 4 N–H and O–H groups in total. The van der Waals surface area contributed by atoms with E-state index in [-0.39, 0.29) is 10.9 Å². The van der Waals surface area contributed by atoms with Gasteiger partial charge in [0.15, 0.2) is 0 Å². The van der Waals surface area contributed by atoms with Crippen molar-refractivity contribution in [2.75, 3.05) is 20.8 Å². The number of ether oxygens (including phenoxy) is 1. The number of carbonyl (C=O) groups is 2. The molecular formula is C15H29N3O4S. The molecular weight excluding hydrogens is 318 g/mol. The third-order valence-electron chi connectivity index (χ3n) is 3.96. The van der Waals surface area contributed by atoms with Crippen LogP contribution in [0.2, 0.25) is 0 Å². The maximum absolute atomic E-state index is 12.8. The van der Waals surface area contributed by atoms with Crippen LogP contribution in [-0.2, 0) is 14.3 Å². The van der Waals surface area contributed by atoms with E-state index in [4.69, 9.17) is 22.7 Å². The van der Waals surface area contributed by atoms with Crippen molar-refractivity contribution in [3.05, 3.63) is 0 Å². The van der Waals surface area contributed by atoms with Crippen LogP contribution in [0.15, 0.2) is 0 Å². The standard InChI is InChI=1S/C15H29N3O4S/c1-7-9(2)11(13(20)22-6)18(5)14(21)15(4,8-19)17-12(23)10(3)16/h9-11,19H,7-8,16H2,1-6H3,(H,17,23)/t9-,10-,11-,15-/m0/s1. The number of nitrogens with two attached hydrogens (primary N) is 1. The van der Waals surface area contributed by atoms with Crippen molar-refractivity contribution in [1.29, 1.82) is 0 Å². The largest absolute Gasteiger partial charge is 0.467 e. The molecule has 0 aromatic carbocycles. The third-order valence-corrected chi connectivity index (χ3v) is 4.44. The predicted molar refractivity (Wildman–Crippen MR) is 92.9 cm³/mol. The molecule has 8 heteroatoms. The number of amides is 1. The van der Waals surface area contributed by atoms with Gasteiger partial charge >= 0.3 is 5.97 Å². The Bertz CT molecular complexity index is 444. The van der Waals surface area contributed by atoms with Gasteiger partial charge in [-0.3, -0.25) is 4.79 Å². The minimum atomic E-state index is -1.36. The predicted octanol–water partition coefficient (Wildman–Crippen LogP) is 0.0477.